The van der Waals surface area contributed by atoms with Crippen molar-refractivity contribution in [2.75, 3.05) is 17.2 Å². The molecule has 0 aliphatic rings. The van der Waals surface area contributed by atoms with Crippen molar-refractivity contribution in [3.8, 4) is 11.3 Å². The third kappa shape index (κ3) is 4.88. The lowest BCUT2D eigenvalue weighted by atomic mass is 10.1. The highest BCUT2D eigenvalue weighted by atomic mass is 16.2. The molecule has 0 fully saturated rings. The lowest BCUT2D eigenvalue weighted by Crippen LogP contribution is -2.21. The maximum atomic E-state index is 12.1. The van der Waals surface area contributed by atoms with Crippen molar-refractivity contribution in [1.29, 1.82) is 0 Å². The number of aryl methyl sites for hydroxylation is 1. The van der Waals surface area contributed by atoms with Crippen molar-refractivity contribution in [3.63, 3.8) is 0 Å². The monoisotopic (exact) mass is 361 g/mol. The summed E-state index contributed by atoms with van der Waals surface area (Å²) in [5.74, 6) is -0.00833. The normalized spacial score (nSPS) is 10.3. The summed E-state index contributed by atoms with van der Waals surface area (Å²) in [6, 6.07) is 15.9. The molecule has 136 valence electrons. The van der Waals surface area contributed by atoms with E-state index in [1.807, 2.05) is 37.3 Å². The van der Waals surface area contributed by atoms with Crippen LogP contribution in [0.15, 0.2) is 60.8 Å². The molecule has 7 nitrogen and oxygen atoms in total. The zero-order chi connectivity index (χ0) is 19.2. The molecule has 0 aliphatic carbocycles. The predicted molar refractivity (Wildman–Crippen MR) is 104 cm³/mol. The first-order valence-corrected chi connectivity index (χ1v) is 8.35. The number of hydrogen-bond donors (Lipinski definition) is 3. The van der Waals surface area contributed by atoms with E-state index in [0.29, 0.717) is 17.1 Å². The molecule has 0 aliphatic heterocycles. The van der Waals surface area contributed by atoms with Crippen LogP contribution < -0.4 is 16.4 Å². The van der Waals surface area contributed by atoms with Gasteiger partial charge in [0.05, 0.1) is 12.2 Å². The van der Waals surface area contributed by atoms with Gasteiger partial charge < -0.3 is 16.4 Å². The summed E-state index contributed by atoms with van der Waals surface area (Å²) >= 11 is 0. The molecule has 7 heteroatoms. The van der Waals surface area contributed by atoms with E-state index in [4.69, 9.17) is 5.73 Å². The first-order valence-electron chi connectivity index (χ1n) is 8.35. The van der Waals surface area contributed by atoms with Gasteiger partial charge in [-0.1, -0.05) is 12.1 Å². The van der Waals surface area contributed by atoms with Gasteiger partial charge in [-0.2, -0.15) is 0 Å². The molecule has 2 aromatic carbocycles. The molecule has 2 amide bonds. The summed E-state index contributed by atoms with van der Waals surface area (Å²) in [6.45, 7) is 1.94. The van der Waals surface area contributed by atoms with Crippen molar-refractivity contribution in [3.05, 3.63) is 72.2 Å². The van der Waals surface area contributed by atoms with Gasteiger partial charge in [-0.3, -0.25) is 9.59 Å². The van der Waals surface area contributed by atoms with Crippen LogP contribution in [0.5, 0.6) is 0 Å². The average Bonchev–Trinajstić information content (AvgIpc) is 2.67. The van der Waals surface area contributed by atoms with Crippen LogP contribution in [-0.4, -0.2) is 28.3 Å². The van der Waals surface area contributed by atoms with Gasteiger partial charge in [-0.25, -0.2) is 9.97 Å². The summed E-state index contributed by atoms with van der Waals surface area (Å²) in [7, 11) is 0. The van der Waals surface area contributed by atoms with E-state index in [1.165, 1.54) is 0 Å². The standard InChI is InChI=1S/C20H19N5O2/c1-13-22-10-9-18(24-13)15-3-2-4-17(11-15)23-12-19(26)25-16-7-5-14(6-8-16)20(21)27/h2-11,23H,12H2,1H3,(H2,21,27)(H,25,26). The maximum Gasteiger partial charge on any atom is 0.248 e. The van der Waals surface area contributed by atoms with Crippen molar-refractivity contribution >= 4 is 23.2 Å². The van der Waals surface area contributed by atoms with E-state index < -0.39 is 5.91 Å². The average molecular weight is 361 g/mol. The number of benzene rings is 2. The van der Waals surface area contributed by atoms with E-state index in [9.17, 15) is 9.59 Å². The van der Waals surface area contributed by atoms with E-state index in [1.54, 1.807) is 30.5 Å². The van der Waals surface area contributed by atoms with E-state index >= 15 is 0 Å². The van der Waals surface area contributed by atoms with E-state index in [-0.39, 0.29) is 12.5 Å². The Kier molecular flexibility index (Phi) is 5.41. The first kappa shape index (κ1) is 18.1. The van der Waals surface area contributed by atoms with Crippen LogP contribution >= 0.6 is 0 Å². The van der Waals surface area contributed by atoms with Crippen molar-refractivity contribution in [2.24, 2.45) is 5.73 Å². The lowest BCUT2D eigenvalue weighted by molar-refractivity contribution is -0.114. The smallest absolute Gasteiger partial charge is 0.248 e. The molecule has 0 spiro atoms. The highest BCUT2D eigenvalue weighted by Gasteiger charge is 2.06. The Balaban J connectivity index is 1.60. The molecule has 0 unspecified atom stereocenters. The molecule has 3 rings (SSSR count). The first-order chi connectivity index (χ1) is 13.0. The lowest BCUT2D eigenvalue weighted by Gasteiger charge is -2.09. The molecule has 3 aromatic rings. The molecule has 0 saturated carbocycles. The number of carbonyl (C=O) groups excluding carboxylic acids is 2. The van der Waals surface area contributed by atoms with Gasteiger partial charge in [0.2, 0.25) is 11.8 Å². The number of anilines is 2. The number of primary amides is 1. The van der Waals surface area contributed by atoms with Crippen LogP contribution in [0.25, 0.3) is 11.3 Å². The number of rotatable bonds is 6. The molecule has 0 radical (unpaired) electrons. The highest BCUT2D eigenvalue weighted by molar-refractivity contribution is 5.96. The minimum Gasteiger partial charge on any atom is -0.376 e. The second kappa shape index (κ2) is 8.09. The zero-order valence-electron chi connectivity index (χ0n) is 14.8. The fraction of sp³-hybridized carbons (Fsp3) is 0.100. The van der Waals surface area contributed by atoms with Gasteiger partial charge in [0.15, 0.2) is 0 Å². The van der Waals surface area contributed by atoms with Crippen LogP contribution in [0.1, 0.15) is 16.2 Å². The number of carbonyl (C=O) groups is 2. The predicted octanol–water partition coefficient (Wildman–Crippen LogP) is 2.60. The fourth-order valence-electron chi connectivity index (χ4n) is 2.51. The van der Waals surface area contributed by atoms with Gasteiger partial charge in [0.1, 0.15) is 5.82 Å². The van der Waals surface area contributed by atoms with Gasteiger partial charge in [-0.05, 0) is 49.4 Å². The Labute approximate surface area is 156 Å². The molecular weight excluding hydrogens is 342 g/mol. The Morgan fingerprint density at radius 2 is 1.81 bits per heavy atom. The fourth-order valence-corrected chi connectivity index (χ4v) is 2.51. The highest BCUT2D eigenvalue weighted by Crippen LogP contribution is 2.20. The Hall–Kier alpha value is -3.74. The molecule has 1 aromatic heterocycles. The quantitative estimate of drug-likeness (QED) is 0.625. The molecule has 27 heavy (non-hydrogen) atoms. The summed E-state index contributed by atoms with van der Waals surface area (Å²) in [5, 5.41) is 5.85. The summed E-state index contributed by atoms with van der Waals surface area (Å²) in [4.78, 5) is 31.7. The molecular formula is C20H19N5O2. The Bertz CT molecular complexity index is 970. The molecule has 4 N–H and O–H groups in total. The van der Waals surface area contributed by atoms with Gasteiger partial charge in [-0.15, -0.1) is 0 Å². The zero-order valence-corrected chi connectivity index (χ0v) is 14.8. The number of nitrogens with one attached hydrogen (secondary N) is 2. The molecule has 0 bridgehead atoms. The summed E-state index contributed by atoms with van der Waals surface area (Å²) in [6.07, 6.45) is 1.72. The SMILES string of the molecule is Cc1nccc(-c2cccc(NCC(=O)Nc3ccc(C(N)=O)cc3)c2)n1. The number of amides is 2. The number of nitrogens with two attached hydrogens (primary N) is 1. The summed E-state index contributed by atoms with van der Waals surface area (Å²) in [5.41, 5.74) is 8.75. The topological polar surface area (TPSA) is 110 Å². The number of aromatic nitrogens is 2. The molecule has 0 saturated heterocycles. The number of hydrogen-bond acceptors (Lipinski definition) is 5. The Morgan fingerprint density at radius 1 is 1.04 bits per heavy atom. The Morgan fingerprint density at radius 3 is 2.52 bits per heavy atom. The second-order valence-electron chi connectivity index (χ2n) is 5.91. The van der Waals surface area contributed by atoms with Crippen molar-refractivity contribution in [2.45, 2.75) is 6.92 Å². The van der Waals surface area contributed by atoms with Crippen LogP contribution in [0, 0.1) is 6.92 Å². The van der Waals surface area contributed by atoms with Crippen LogP contribution in [-0.2, 0) is 4.79 Å². The second-order valence-corrected chi connectivity index (χ2v) is 5.91. The van der Waals surface area contributed by atoms with Crippen LogP contribution in [0.4, 0.5) is 11.4 Å². The molecule has 0 atom stereocenters. The van der Waals surface area contributed by atoms with E-state index in [2.05, 4.69) is 20.6 Å². The third-order valence-electron chi connectivity index (χ3n) is 3.84. The largest absolute Gasteiger partial charge is 0.376 e. The number of nitrogens with zero attached hydrogens (tertiary/aromatic N) is 2. The van der Waals surface area contributed by atoms with Crippen LogP contribution in [0.3, 0.4) is 0 Å². The molecule has 1 heterocycles. The van der Waals surface area contributed by atoms with Crippen molar-refractivity contribution in [1.82, 2.24) is 9.97 Å². The third-order valence-corrected chi connectivity index (χ3v) is 3.84. The van der Waals surface area contributed by atoms with Gasteiger partial charge in [0.25, 0.3) is 0 Å². The maximum absolute atomic E-state index is 12.1. The summed E-state index contributed by atoms with van der Waals surface area (Å²) < 4.78 is 0. The van der Waals surface area contributed by atoms with Gasteiger partial charge >= 0.3 is 0 Å². The van der Waals surface area contributed by atoms with E-state index in [0.717, 1.165) is 16.9 Å². The van der Waals surface area contributed by atoms with Crippen LogP contribution in [0.2, 0.25) is 0 Å². The van der Waals surface area contributed by atoms with Gasteiger partial charge in [0, 0.05) is 28.7 Å². The minimum absolute atomic E-state index is 0.101. The van der Waals surface area contributed by atoms with Crippen molar-refractivity contribution < 1.29 is 9.59 Å². The minimum atomic E-state index is -0.506.